The molecule has 22 heavy (non-hydrogen) atoms. The predicted octanol–water partition coefficient (Wildman–Crippen LogP) is 0.346. The van der Waals surface area contributed by atoms with E-state index in [1.165, 1.54) is 19.1 Å². The number of hydrogen-bond acceptors (Lipinski definition) is 4. The Kier molecular flexibility index (Phi) is 5.15. The molecule has 0 bridgehead atoms. The summed E-state index contributed by atoms with van der Waals surface area (Å²) in [6, 6.07) is 3.87. The smallest absolute Gasteiger partial charge is 0.244 e. The molecule has 1 aliphatic carbocycles. The van der Waals surface area contributed by atoms with E-state index in [0.29, 0.717) is 12.5 Å². The van der Waals surface area contributed by atoms with Crippen LogP contribution in [0.4, 0.5) is 4.39 Å². The highest BCUT2D eigenvalue weighted by atomic mass is 32.2. The van der Waals surface area contributed by atoms with Crippen LogP contribution in [0.5, 0.6) is 0 Å². The number of hydrogen-bond donors (Lipinski definition) is 3. The third-order valence-corrected chi connectivity index (χ3v) is 5.16. The Morgan fingerprint density at radius 1 is 1.41 bits per heavy atom. The van der Waals surface area contributed by atoms with Crippen molar-refractivity contribution in [3.63, 3.8) is 0 Å². The molecule has 1 aromatic rings. The van der Waals surface area contributed by atoms with Gasteiger partial charge < -0.3 is 11.1 Å². The van der Waals surface area contributed by atoms with Crippen molar-refractivity contribution < 1.29 is 17.6 Å². The summed E-state index contributed by atoms with van der Waals surface area (Å²) in [5.41, 5.74) is 5.86. The van der Waals surface area contributed by atoms with Crippen molar-refractivity contribution in [2.45, 2.75) is 36.7 Å². The number of nitrogens with one attached hydrogen (secondary N) is 2. The molecule has 1 saturated carbocycles. The molecule has 1 aliphatic rings. The second-order valence-electron chi connectivity index (χ2n) is 5.52. The molecule has 0 spiro atoms. The molecule has 1 aromatic carbocycles. The minimum atomic E-state index is -4.09. The maximum atomic E-state index is 13.6. The van der Waals surface area contributed by atoms with E-state index in [9.17, 15) is 17.6 Å². The highest BCUT2D eigenvalue weighted by molar-refractivity contribution is 7.89. The van der Waals surface area contributed by atoms with Gasteiger partial charge in [0.25, 0.3) is 0 Å². The number of carbonyl (C=O) groups is 1. The molecule has 0 aromatic heterocycles. The molecule has 6 nitrogen and oxygen atoms in total. The maximum absolute atomic E-state index is 13.6. The molecule has 1 fully saturated rings. The lowest BCUT2D eigenvalue weighted by atomic mass is 10.2. The van der Waals surface area contributed by atoms with Crippen LogP contribution in [0.3, 0.4) is 0 Å². The van der Waals surface area contributed by atoms with Crippen LogP contribution in [-0.2, 0) is 14.8 Å². The van der Waals surface area contributed by atoms with E-state index in [-0.39, 0.29) is 6.04 Å². The van der Waals surface area contributed by atoms with Gasteiger partial charge in [-0.25, -0.2) is 12.8 Å². The van der Waals surface area contributed by atoms with Crippen LogP contribution in [0, 0.1) is 11.7 Å². The summed E-state index contributed by atoms with van der Waals surface area (Å²) >= 11 is 0. The maximum Gasteiger partial charge on any atom is 0.244 e. The largest absolute Gasteiger partial charge is 0.353 e. The van der Waals surface area contributed by atoms with Gasteiger partial charge >= 0.3 is 0 Å². The second kappa shape index (κ2) is 6.72. The zero-order valence-electron chi connectivity index (χ0n) is 12.3. The fourth-order valence-corrected chi connectivity index (χ4v) is 3.36. The number of benzene rings is 1. The summed E-state index contributed by atoms with van der Waals surface area (Å²) in [4.78, 5) is 11.4. The van der Waals surface area contributed by atoms with Crippen molar-refractivity contribution in [2.24, 2.45) is 11.7 Å². The average Bonchev–Trinajstić information content (AvgIpc) is 3.28. The summed E-state index contributed by atoms with van der Waals surface area (Å²) < 4.78 is 39.8. The van der Waals surface area contributed by atoms with Crippen molar-refractivity contribution in [2.75, 3.05) is 6.54 Å². The fourth-order valence-electron chi connectivity index (χ4n) is 2.07. The Labute approximate surface area is 129 Å². The molecule has 0 aliphatic heterocycles. The Balaban J connectivity index is 1.93. The van der Waals surface area contributed by atoms with Gasteiger partial charge in [-0.15, -0.1) is 0 Å². The molecule has 8 heteroatoms. The average molecular weight is 329 g/mol. The van der Waals surface area contributed by atoms with Crippen LogP contribution in [0.1, 0.15) is 19.8 Å². The first-order valence-electron chi connectivity index (χ1n) is 7.11. The van der Waals surface area contributed by atoms with Crippen LogP contribution >= 0.6 is 0 Å². The molecule has 2 rings (SSSR count). The van der Waals surface area contributed by atoms with Crippen molar-refractivity contribution in [1.82, 2.24) is 10.0 Å². The number of amides is 1. The SMILES string of the molecule is CC(NS(=O)(=O)c1ccccc1F)C(=O)NCC(N)C1CC1. The molecule has 0 radical (unpaired) electrons. The zero-order valence-corrected chi connectivity index (χ0v) is 13.1. The Morgan fingerprint density at radius 3 is 2.64 bits per heavy atom. The Bertz CT molecular complexity index is 646. The fraction of sp³-hybridized carbons (Fsp3) is 0.500. The molecule has 122 valence electrons. The third-order valence-electron chi connectivity index (χ3n) is 3.59. The number of rotatable bonds is 7. The van der Waals surface area contributed by atoms with Gasteiger partial charge in [0.05, 0.1) is 6.04 Å². The normalized spacial score (nSPS) is 17.8. The van der Waals surface area contributed by atoms with Gasteiger partial charge in [-0.1, -0.05) is 12.1 Å². The summed E-state index contributed by atoms with van der Waals surface area (Å²) in [5.74, 6) is -0.917. The van der Waals surface area contributed by atoms with Gasteiger partial charge in [0.1, 0.15) is 10.7 Å². The van der Waals surface area contributed by atoms with Crippen molar-refractivity contribution in [3.8, 4) is 0 Å². The van der Waals surface area contributed by atoms with E-state index in [0.717, 1.165) is 25.0 Å². The van der Waals surface area contributed by atoms with Crippen molar-refractivity contribution in [3.05, 3.63) is 30.1 Å². The van der Waals surface area contributed by atoms with Crippen LogP contribution < -0.4 is 15.8 Å². The molecule has 4 N–H and O–H groups in total. The van der Waals surface area contributed by atoms with E-state index in [1.54, 1.807) is 0 Å². The molecular weight excluding hydrogens is 309 g/mol. The van der Waals surface area contributed by atoms with Crippen LogP contribution in [-0.4, -0.2) is 33.0 Å². The van der Waals surface area contributed by atoms with Gasteiger partial charge in [-0.05, 0) is 37.8 Å². The number of halogens is 1. The van der Waals surface area contributed by atoms with E-state index >= 15 is 0 Å². The lowest BCUT2D eigenvalue weighted by Gasteiger charge is -2.17. The Morgan fingerprint density at radius 2 is 2.05 bits per heavy atom. The molecule has 1 amide bonds. The minimum Gasteiger partial charge on any atom is -0.353 e. The number of sulfonamides is 1. The van der Waals surface area contributed by atoms with Crippen LogP contribution in [0.15, 0.2) is 29.2 Å². The quantitative estimate of drug-likeness (QED) is 0.671. The second-order valence-corrected chi connectivity index (χ2v) is 7.20. The third kappa shape index (κ3) is 4.25. The predicted molar refractivity (Wildman–Crippen MR) is 79.9 cm³/mol. The summed E-state index contributed by atoms with van der Waals surface area (Å²) in [7, 11) is -4.09. The minimum absolute atomic E-state index is 0.112. The number of nitrogens with two attached hydrogens (primary N) is 1. The standard InChI is InChI=1S/C14H20FN3O3S/c1-9(14(19)17-8-12(16)10-6-7-10)18-22(20,21)13-5-3-2-4-11(13)15/h2-5,9-10,12,18H,6-8,16H2,1H3,(H,17,19). The van der Waals surface area contributed by atoms with Crippen LogP contribution in [0.25, 0.3) is 0 Å². The Hall–Kier alpha value is -1.51. The van der Waals surface area contributed by atoms with Gasteiger partial charge in [0.2, 0.25) is 15.9 Å². The topological polar surface area (TPSA) is 101 Å². The lowest BCUT2D eigenvalue weighted by Crippen LogP contribution is -2.48. The van der Waals surface area contributed by atoms with Crippen molar-refractivity contribution >= 4 is 15.9 Å². The monoisotopic (exact) mass is 329 g/mol. The van der Waals surface area contributed by atoms with Gasteiger partial charge in [-0.3, -0.25) is 4.79 Å². The zero-order chi connectivity index (χ0) is 16.3. The molecule has 2 atom stereocenters. The molecule has 2 unspecified atom stereocenters. The van der Waals surface area contributed by atoms with E-state index in [2.05, 4.69) is 10.0 Å². The first-order valence-corrected chi connectivity index (χ1v) is 8.59. The first-order chi connectivity index (χ1) is 10.3. The lowest BCUT2D eigenvalue weighted by molar-refractivity contribution is -0.122. The molecule has 0 heterocycles. The van der Waals surface area contributed by atoms with Gasteiger partial charge in [-0.2, -0.15) is 4.72 Å². The molecular formula is C14H20FN3O3S. The van der Waals surface area contributed by atoms with Gasteiger partial charge in [0.15, 0.2) is 0 Å². The number of carbonyl (C=O) groups excluding carboxylic acids is 1. The highest BCUT2D eigenvalue weighted by Gasteiger charge is 2.29. The van der Waals surface area contributed by atoms with Gasteiger partial charge in [0, 0.05) is 12.6 Å². The van der Waals surface area contributed by atoms with E-state index < -0.39 is 32.7 Å². The van der Waals surface area contributed by atoms with E-state index in [4.69, 9.17) is 5.73 Å². The van der Waals surface area contributed by atoms with Crippen LogP contribution in [0.2, 0.25) is 0 Å². The highest BCUT2D eigenvalue weighted by Crippen LogP contribution is 2.31. The summed E-state index contributed by atoms with van der Waals surface area (Å²) in [6.07, 6.45) is 2.12. The first kappa shape index (κ1) is 16.9. The molecule has 0 saturated heterocycles. The van der Waals surface area contributed by atoms with Crippen molar-refractivity contribution in [1.29, 1.82) is 0 Å². The summed E-state index contributed by atoms with van der Waals surface area (Å²) in [6.45, 7) is 1.70. The van der Waals surface area contributed by atoms with E-state index in [1.807, 2.05) is 0 Å². The summed E-state index contributed by atoms with van der Waals surface area (Å²) in [5, 5.41) is 2.61.